The van der Waals surface area contributed by atoms with Crippen LogP contribution in [0.3, 0.4) is 0 Å². The highest BCUT2D eigenvalue weighted by atomic mass is 16.4. The fourth-order valence-electron chi connectivity index (χ4n) is 0.471. The number of hydrogen-bond donors (Lipinski definition) is 1. The molecule has 0 bridgehead atoms. The van der Waals surface area contributed by atoms with Crippen molar-refractivity contribution in [3.05, 3.63) is 12.0 Å². The molecular weight excluding hydrogens is 120 g/mol. The van der Waals surface area contributed by atoms with E-state index in [1.807, 2.05) is 0 Å². The molecule has 0 spiro atoms. The molecule has 1 amide bonds. The number of aryl methyl sites for hydroxylation is 1. The quantitative estimate of drug-likeness (QED) is 0.589. The number of anilines is 1. The van der Waals surface area contributed by atoms with Crippen LogP contribution in [-0.2, 0) is 4.79 Å². The second-order valence-corrected chi connectivity index (χ2v) is 1.56. The van der Waals surface area contributed by atoms with Gasteiger partial charge in [-0.1, -0.05) is 0 Å². The molecule has 1 heterocycles. The molecule has 0 fully saturated rings. The Morgan fingerprint density at radius 2 is 2.67 bits per heavy atom. The summed E-state index contributed by atoms with van der Waals surface area (Å²) in [6, 6.07) is 0.238. The van der Waals surface area contributed by atoms with Crippen LogP contribution >= 0.6 is 0 Å². The predicted molar refractivity (Wildman–Crippen MR) is 30.9 cm³/mol. The molecule has 0 radical (unpaired) electrons. The monoisotopic (exact) mass is 126 g/mol. The second kappa shape index (κ2) is 2.30. The van der Waals surface area contributed by atoms with Crippen molar-refractivity contribution in [1.82, 2.24) is 4.98 Å². The van der Waals surface area contributed by atoms with Crippen LogP contribution in [0.25, 0.3) is 0 Å². The van der Waals surface area contributed by atoms with Gasteiger partial charge in [0.05, 0.1) is 5.69 Å². The molecule has 0 saturated heterocycles. The van der Waals surface area contributed by atoms with Crippen molar-refractivity contribution in [2.45, 2.75) is 6.92 Å². The highest BCUT2D eigenvalue weighted by molar-refractivity contribution is 5.65. The van der Waals surface area contributed by atoms with Crippen LogP contribution in [0.2, 0.25) is 0 Å². The number of aromatic nitrogens is 1. The fourth-order valence-corrected chi connectivity index (χ4v) is 0.471. The van der Waals surface area contributed by atoms with Crippen LogP contribution in [0.1, 0.15) is 5.69 Å². The summed E-state index contributed by atoms with van der Waals surface area (Å²) in [7, 11) is 0. The first-order valence-electron chi connectivity index (χ1n) is 2.45. The minimum atomic E-state index is 0.238. The number of rotatable bonds is 2. The van der Waals surface area contributed by atoms with Crippen LogP contribution in [-0.4, -0.2) is 11.4 Å². The van der Waals surface area contributed by atoms with Crippen molar-refractivity contribution in [2.75, 3.05) is 5.32 Å². The SMILES string of the molecule is Cc1coc(NC=O)n1. The van der Waals surface area contributed by atoms with Crippen molar-refractivity contribution in [2.24, 2.45) is 0 Å². The van der Waals surface area contributed by atoms with E-state index >= 15 is 0 Å². The second-order valence-electron chi connectivity index (χ2n) is 1.56. The summed E-state index contributed by atoms with van der Waals surface area (Å²) < 4.78 is 4.75. The van der Waals surface area contributed by atoms with Gasteiger partial charge in [0.25, 0.3) is 0 Å². The lowest BCUT2D eigenvalue weighted by Crippen LogP contribution is -1.92. The van der Waals surface area contributed by atoms with E-state index < -0.39 is 0 Å². The first kappa shape index (κ1) is 5.81. The minimum Gasteiger partial charge on any atom is -0.432 e. The number of hydrogen-bond acceptors (Lipinski definition) is 3. The van der Waals surface area contributed by atoms with E-state index in [0.29, 0.717) is 6.41 Å². The maximum absolute atomic E-state index is 9.77. The summed E-state index contributed by atoms with van der Waals surface area (Å²) >= 11 is 0. The average molecular weight is 126 g/mol. The Kier molecular flexibility index (Phi) is 1.48. The van der Waals surface area contributed by atoms with Gasteiger partial charge in [0, 0.05) is 0 Å². The Labute approximate surface area is 51.9 Å². The van der Waals surface area contributed by atoms with Gasteiger partial charge in [-0.3, -0.25) is 10.1 Å². The van der Waals surface area contributed by atoms with Gasteiger partial charge in [0.15, 0.2) is 0 Å². The molecule has 0 saturated carbocycles. The van der Waals surface area contributed by atoms with E-state index in [1.165, 1.54) is 6.26 Å². The molecule has 0 atom stereocenters. The largest absolute Gasteiger partial charge is 0.432 e. The van der Waals surface area contributed by atoms with Gasteiger partial charge in [-0.05, 0) is 6.92 Å². The van der Waals surface area contributed by atoms with Crippen molar-refractivity contribution in [1.29, 1.82) is 0 Å². The van der Waals surface area contributed by atoms with E-state index in [9.17, 15) is 4.79 Å². The standard InChI is InChI=1S/C5H6N2O2/c1-4-2-9-5(7-4)6-3-8/h2-3H,1H3,(H,6,7,8). The number of nitrogens with one attached hydrogen (secondary N) is 1. The smallest absolute Gasteiger partial charge is 0.301 e. The molecule has 1 rings (SSSR count). The van der Waals surface area contributed by atoms with Crippen molar-refractivity contribution in [3.8, 4) is 0 Å². The molecule has 0 aromatic carbocycles. The summed E-state index contributed by atoms with van der Waals surface area (Å²) in [6.07, 6.45) is 1.98. The molecule has 1 aromatic rings. The van der Waals surface area contributed by atoms with E-state index in [1.54, 1.807) is 6.92 Å². The summed E-state index contributed by atoms with van der Waals surface area (Å²) in [5.41, 5.74) is 0.749. The molecule has 9 heavy (non-hydrogen) atoms. The van der Waals surface area contributed by atoms with Gasteiger partial charge < -0.3 is 4.42 Å². The fraction of sp³-hybridized carbons (Fsp3) is 0.200. The zero-order valence-electron chi connectivity index (χ0n) is 4.92. The number of nitrogens with zero attached hydrogens (tertiary/aromatic N) is 1. The van der Waals surface area contributed by atoms with Gasteiger partial charge in [0.2, 0.25) is 6.41 Å². The summed E-state index contributed by atoms with van der Waals surface area (Å²) in [5, 5.41) is 2.27. The highest BCUT2D eigenvalue weighted by Gasteiger charge is 1.94. The van der Waals surface area contributed by atoms with Crippen molar-refractivity contribution >= 4 is 12.4 Å². The Morgan fingerprint density at radius 3 is 3.11 bits per heavy atom. The van der Waals surface area contributed by atoms with Crippen LogP contribution in [0.5, 0.6) is 0 Å². The highest BCUT2D eigenvalue weighted by Crippen LogP contribution is 2.03. The van der Waals surface area contributed by atoms with E-state index in [2.05, 4.69) is 10.3 Å². The number of carbonyl (C=O) groups is 1. The van der Waals surface area contributed by atoms with Gasteiger partial charge >= 0.3 is 6.01 Å². The van der Waals surface area contributed by atoms with E-state index in [-0.39, 0.29) is 6.01 Å². The van der Waals surface area contributed by atoms with Crippen molar-refractivity contribution < 1.29 is 9.21 Å². The molecule has 0 aliphatic rings. The zero-order valence-corrected chi connectivity index (χ0v) is 4.92. The molecular formula is C5H6N2O2. The molecule has 4 heteroatoms. The predicted octanol–water partition coefficient (Wildman–Crippen LogP) is 0.551. The van der Waals surface area contributed by atoms with Gasteiger partial charge in [0.1, 0.15) is 6.26 Å². The first-order chi connectivity index (χ1) is 4.33. The average Bonchev–Trinajstić information content (AvgIpc) is 2.17. The lowest BCUT2D eigenvalue weighted by atomic mass is 10.6. The summed E-state index contributed by atoms with van der Waals surface area (Å²) in [5.74, 6) is 0. The number of carbonyl (C=O) groups excluding carboxylic acids is 1. The molecule has 4 nitrogen and oxygen atoms in total. The maximum atomic E-state index is 9.77. The van der Waals surface area contributed by atoms with Crippen LogP contribution in [0.4, 0.5) is 6.01 Å². The van der Waals surface area contributed by atoms with Gasteiger partial charge in [-0.2, -0.15) is 4.98 Å². The topological polar surface area (TPSA) is 55.1 Å². The minimum absolute atomic E-state index is 0.238. The summed E-state index contributed by atoms with van der Waals surface area (Å²) in [4.78, 5) is 13.6. The normalized spacial score (nSPS) is 9.00. The molecule has 0 unspecified atom stereocenters. The molecule has 1 aromatic heterocycles. The van der Waals surface area contributed by atoms with Crippen LogP contribution < -0.4 is 5.32 Å². The molecule has 1 N–H and O–H groups in total. The van der Waals surface area contributed by atoms with Crippen LogP contribution in [0.15, 0.2) is 10.7 Å². The zero-order chi connectivity index (χ0) is 6.69. The number of oxazole rings is 1. The Hall–Kier alpha value is -1.32. The van der Waals surface area contributed by atoms with Gasteiger partial charge in [-0.25, -0.2) is 0 Å². The van der Waals surface area contributed by atoms with Gasteiger partial charge in [-0.15, -0.1) is 0 Å². The Morgan fingerprint density at radius 1 is 1.89 bits per heavy atom. The third-order valence-corrected chi connectivity index (χ3v) is 0.801. The van der Waals surface area contributed by atoms with E-state index in [0.717, 1.165) is 5.69 Å². The first-order valence-corrected chi connectivity index (χ1v) is 2.45. The lowest BCUT2D eigenvalue weighted by molar-refractivity contribution is -0.105. The molecule has 48 valence electrons. The molecule has 0 aliphatic heterocycles. The lowest BCUT2D eigenvalue weighted by Gasteiger charge is -1.82. The number of amides is 1. The van der Waals surface area contributed by atoms with Crippen LogP contribution in [0, 0.1) is 6.92 Å². The van der Waals surface area contributed by atoms with E-state index in [4.69, 9.17) is 4.42 Å². The third-order valence-electron chi connectivity index (χ3n) is 0.801. The Balaban J connectivity index is 2.72. The maximum Gasteiger partial charge on any atom is 0.301 e. The van der Waals surface area contributed by atoms with Crippen molar-refractivity contribution in [3.63, 3.8) is 0 Å². The molecule has 0 aliphatic carbocycles. The third kappa shape index (κ3) is 1.28. The summed E-state index contributed by atoms with van der Waals surface area (Å²) in [6.45, 7) is 1.78. The Bertz CT molecular complexity index is 206.